The molecule has 132 valence electrons. The summed E-state index contributed by atoms with van der Waals surface area (Å²) in [6.07, 6.45) is 5.11. The van der Waals surface area contributed by atoms with Gasteiger partial charge in [-0.25, -0.2) is 0 Å². The van der Waals surface area contributed by atoms with Crippen LogP contribution in [0.3, 0.4) is 0 Å². The van der Waals surface area contributed by atoms with Crippen molar-refractivity contribution in [3.63, 3.8) is 0 Å². The summed E-state index contributed by atoms with van der Waals surface area (Å²) in [6, 6.07) is 8.14. The van der Waals surface area contributed by atoms with Crippen LogP contribution in [0, 0.1) is 5.92 Å². The van der Waals surface area contributed by atoms with Gasteiger partial charge in [-0.15, -0.1) is 0 Å². The lowest BCUT2D eigenvalue weighted by atomic mass is 9.85. The number of primary amides is 1. The van der Waals surface area contributed by atoms with Crippen LogP contribution in [0.4, 0.5) is 0 Å². The summed E-state index contributed by atoms with van der Waals surface area (Å²) in [5.41, 5.74) is 6.83. The zero-order valence-electron chi connectivity index (χ0n) is 14.3. The highest BCUT2D eigenvalue weighted by Crippen LogP contribution is 2.26. The number of fused-ring (bicyclic) bond motifs is 2. The lowest BCUT2D eigenvalue weighted by molar-refractivity contribution is -0.134. The smallest absolute Gasteiger partial charge is 0.250 e. The van der Waals surface area contributed by atoms with Crippen LogP contribution in [0.25, 0.3) is 10.9 Å². The molecule has 3 N–H and O–H groups in total. The first-order chi connectivity index (χ1) is 12.1. The first-order valence-corrected chi connectivity index (χ1v) is 9.02. The molecule has 0 unspecified atom stereocenters. The lowest BCUT2D eigenvalue weighted by Crippen LogP contribution is -2.53. The Morgan fingerprint density at radius 3 is 2.92 bits per heavy atom. The number of carbonyl (C=O) groups is 2. The van der Waals surface area contributed by atoms with Gasteiger partial charge in [0, 0.05) is 36.2 Å². The molecule has 0 radical (unpaired) electrons. The van der Waals surface area contributed by atoms with Gasteiger partial charge in [0.1, 0.15) is 6.54 Å². The van der Waals surface area contributed by atoms with Gasteiger partial charge in [-0.1, -0.05) is 18.2 Å². The van der Waals surface area contributed by atoms with Crippen LogP contribution in [0.2, 0.25) is 0 Å². The van der Waals surface area contributed by atoms with Gasteiger partial charge in [0.25, 0.3) is 5.91 Å². The predicted octanol–water partition coefficient (Wildman–Crippen LogP) is 1.34. The van der Waals surface area contributed by atoms with Crippen LogP contribution in [0.5, 0.6) is 0 Å². The fraction of sp³-hybridized carbons (Fsp3) is 0.474. The number of nitrogens with one attached hydrogen (secondary N) is 1. The Hall–Kier alpha value is -2.34. The van der Waals surface area contributed by atoms with Gasteiger partial charge in [0.05, 0.1) is 5.56 Å². The van der Waals surface area contributed by atoms with Gasteiger partial charge in [-0.3, -0.25) is 9.59 Å². The monoisotopic (exact) mass is 340 g/mol. The summed E-state index contributed by atoms with van der Waals surface area (Å²) < 4.78 is 1.85. The highest BCUT2D eigenvalue weighted by Gasteiger charge is 2.32. The summed E-state index contributed by atoms with van der Waals surface area (Å²) >= 11 is 0. The molecule has 0 bridgehead atoms. The third-order valence-corrected chi connectivity index (χ3v) is 5.60. The molecule has 2 amide bonds. The van der Waals surface area contributed by atoms with Crippen LogP contribution < -0.4 is 11.1 Å². The molecule has 25 heavy (non-hydrogen) atoms. The third kappa shape index (κ3) is 3.02. The molecule has 3 heterocycles. The number of nitrogens with two attached hydrogens (primary N) is 1. The highest BCUT2D eigenvalue weighted by atomic mass is 16.2. The van der Waals surface area contributed by atoms with E-state index in [4.69, 9.17) is 5.73 Å². The molecule has 2 aliphatic rings. The first-order valence-electron chi connectivity index (χ1n) is 9.02. The van der Waals surface area contributed by atoms with Crippen LogP contribution >= 0.6 is 0 Å². The van der Waals surface area contributed by atoms with Crippen molar-refractivity contribution < 1.29 is 9.59 Å². The number of likely N-dealkylation sites (tertiary alicyclic amines) is 1. The molecule has 0 spiro atoms. The summed E-state index contributed by atoms with van der Waals surface area (Å²) in [7, 11) is 0. The average Bonchev–Trinajstić information content (AvgIpc) is 3.00. The van der Waals surface area contributed by atoms with E-state index in [1.54, 1.807) is 6.20 Å². The van der Waals surface area contributed by atoms with Crippen molar-refractivity contribution in [3.8, 4) is 0 Å². The SMILES string of the molecule is NC(=O)c1cn(CC(=O)N2CC[C@@H]3NCCC[C@@H]3C2)c2ccccc12. The maximum Gasteiger partial charge on any atom is 0.250 e. The van der Waals surface area contributed by atoms with Gasteiger partial charge in [-0.2, -0.15) is 0 Å². The Morgan fingerprint density at radius 2 is 2.08 bits per heavy atom. The second-order valence-electron chi connectivity index (χ2n) is 7.14. The second kappa shape index (κ2) is 6.52. The molecule has 1 aromatic carbocycles. The van der Waals surface area contributed by atoms with Crippen molar-refractivity contribution in [2.24, 2.45) is 11.7 Å². The first kappa shape index (κ1) is 16.1. The zero-order chi connectivity index (χ0) is 17.4. The summed E-state index contributed by atoms with van der Waals surface area (Å²) in [4.78, 5) is 26.5. The highest BCUT2D eigenvalue weighted by molar-refractivity contribution is 6.06. The van der Waals surface area contributed by atoms with E-state index in [2.05, 4.69) is 5.32 Å². The van der Waals surface area contributed by atoms with Crippen molar-refractivity contribution in [3.05, 3.63) is 36.0 Å². The molecule has 1 aromatic heterocycles. The van der Waals surface area contributed by atoms with Gasteiger partial charge in [0.15, 0.2) is 0 Å². The summed E-state index contributed by atoms with van der Waals surface area (Å²) in [6.45, 7) is 2.98. The number of rotatable bonds is 3. The molecule has 0 saturated carbocycles. The molecule has 2 atom stereocenters. The molecule has 2 aromatic rings. The number of amides is 2. The van der Waals surface area contributed by atoms with E-state index < -0.39 is 5.91 Å². The number of benzene rings is 1. The van der Waals surface area contributed by atoms with Crippen LogP contribution in [0.1, 0.15) is 29.6 Å². The van der Waals surface area contributed by atoms with E-state index in [1.807, 2.05) is 33.7 Å². The minimum absolute atomic E-state index is 0.112. The van der Waals surface area contributed by atoms with Crippen LogP contribution in [0.15, 0.2) is 30.5 Å². The molecule has 4 rings (SSSR count). The fourth-order valence-corrected chi connectivity index (χ4v) is 4.29. The van der Waals surface area contributed by atoms with E-state index in [9.17, 15) is 9.59 Å². The number of carbonyl (C=O) groups excluding carboxylic acids is 2. The molecule has 2 aliphatic heterocycles. The van der Waals surface area contributed by atoms with E-state index in [1.165, 1.54) is 12.8 Å². The number of piperidine rings is 2. The minimum Gasteiger partial charge on any atom is -0.366 e. The van der Waals surface area contributed by atoms with E-state index in [0.717, 1.165) is 37.0 Å². The van der Waals surface area contributed by atoms with Gasteiger partial charge in [0.2, 0.25) is 5.91 Å². The minimum atomic E-state index is -0.462. The number of aromatic nitrogens is 1. The number of hydrogen-bond donors (Lipinski definition) is 2. The molecule has 2 saturated heterocycles. The standard InChI is InChI=1S/C19H24N4O2/c20-19(25)15-11-23(17-6-2-1-5-14(15)17)12-18(24)22-9-7-16-13(10-22)4-3-8-21-16/h1-2,5-6,11,13,16,21H,3-4,7-10,12H2,(H2,20,25)/t13-,16+/m1/s1. The van der Waals surface area contributed by atoms with Crippen molar-refractivity contribution in [2.75, 3.05) is 19.6 Å². The molecule has 6 heteroatoms. The average molecular weight is 340 g/mol. The normalized spacial score (nSPS) is 23.4. The topological polar surface area (TPSA) is 80.4 Å². The van der Waals surface area contributed by atoms with Crippen molar-refractivity contribution in [2.45, 2.75) is 31.8 Å². The predicted molar refractivity (Wildman–Crippen MR) is 96.2 cm³/mol. The number of para-hydroxylation sites is 1. The molecular formula is C19H24N4O2. The molecular weight excluding hydrogens is 316 g/mol. The molecule has 6 nitrogen and oxygen atoms in total. The van der Waals surface area contributed by atoms with Gasteiger partial charge in [-0.05, 0) is 37.8 Å². The largest absolute Gasteiger partial charge is 0.366 e. The van der Waals surface area contributed by atoms with Crippen LogP contribution in [-0.2, 0) is 11.3 Å². The Kier molecular flexibility index (Phi) is 4.21. The van der Waals surface area contributed by atoms with E-state index in [0.29, 0.717) is 17.5 Å². The van der Waals surface area contributed by atoms with Crippen LogP contribution in [-0.4, -0.2) is 47.0 Å². The van der Waals surface area contributed by atoms with E-state index >= 15 is 0 Å². The zero-order valence-corrected chi connectivity index (χ0v) is 14.3. The maximum absolute atomic E-state index is 12.8. The Morgan fingerprint density at radius 1 is 1.24 bits per heavy atom. The summed E-state index contributed by atoms with van der Waals surface area (Å²) in [5, 5.41) is 4.38. The molecule has 0 aliphatic carbocycles. The van der Waals surface area contributed by atoms with Crippen molar-refractivity contribution in [1.29, 1.82) is 0 Å². The third-order valence-electron chi connectivity index (χ3n) is 5.60. The van der Waals surface area contributed by atoms with E-state index in [-0.39, 0.29) is 12.5 Å². The quantitative estimate of drug-likeness (QED) is 0.885. The number of nitrogens with zero attached hydrogens (tertiary/aromatic N) is 2. The van der Waals surface area contributed by atoms with Gasteiger partial charge >= 0.3 is 0 Å². The van der Waals surface area contributed by atoms with Crippen molar-refractivity contribution in [1.82, 2.24) is 14.8 Å². The molecule has 2 fully saturated rings. The Bertz CT molecular complexity index is 813. The lowest BCUT2D eigenvalue weighted by Gasteiger charge is -2.41. The Labute approximate surface area is 147 Å². The summed E-state index contributed by atoms with van der Waals surface area (Å²) in [5.74, 6) is 0.214. The van der Waals surface area contributed by atoms with Gasteiger partial charge < -0.3 is 20.5 Å². The number of hydrogen-bond acceptors (Lipinski definition) is 3. The fourth-order valence-electron chi connectivity index (χ4n) is 4.29. The second-order valence-corrected chi connectivity index (χ2v) is 7.14. The Balaban J connectivity index is 1.53. The maximum atomic E-state index is 12.8. The van der Waals surface area contributed by atoms with Crippen molar-refractivity contribution >= 4 is 22.7 Å².